The van der Waals surface area contributed by atoms with Crippen LogP contribution in [0, 0.1) is 0 Å². The summed E-state index contributed by atoms with van der Waals surface area (Å²) in [6.07, 6.45) is 3.61. The van der Waals surface area contributed by atoms with Crippen LogP contribution < -0.4 is 5.32 Å². The normalized spacial score (nSPS) is 15.0. The Balaban J connectivity index is 1.36. The summed E-state index contributed by atoms with van der Waals surface area (Å²) in [5, 5.41) is 10.7. The van der Waals surface area contributed by atoms with Crippen LogP contribution in [0.1, 0.15) is 34.8 Å². The monoisotopic (exact) mass is 347 g/mol. The highest BCUT2D eigenvalue weighted by molar-refractivity contribution is 5.94. The number of H-pyrrole nitrogens is 1. The number of nitrogens with one attached hydrogen (secondary N) is 2. The van der Waals surface area contributed by atoms with Crippen molar-refractivity contribution in [3.63, 3.8) is 0 Å². The predicted octanol–water partition coefficient (Wildman–Crippen LogP) is 3.57. The van der Waals surface area contributed by atoms with Crippen LogP contribution in [-0.4, -0.2) is 39.1 Å². The zero-order valence-corrected chi connectivity index (χ0v) is 14.4. The molecule has 6 heteroatoms. The SMILES string of the molecule is O=C(c1ccccc1)N1CCC(c2cc(Nc3ccccn3)n[nH]2)CC1. The van der Waals surface area contributed by atoms with Crippen molar-refractivity contribution in [2.75, 3.05) is 18.4 Å². The Morgan fingerprint density at radius 1 is 1.04 bits per heavy atom. The zero-order chi connectivity index (χ0) is 17.8. The minimum absolute atomic E-state index is 0.117. The Bertz CT molecular complexity index is 854. The van der Waals surface area contributed by atoms with Crippen molar-refractivity contribution >= 4 is 17.5 Å². The lowest BCUT2D eigenvalue weighted by molar-refractivity contribution is 0.0712. The number of nitrogens with zero attached hydrogens (tertiary/aromatic N) is 3. The van der Waals surface area contributed by atoms with Gasteiger partial charge in [-0.15, -0.1) is 0 Å². The van der Waals surface area contributed by atoms with E-state index in [1.54, 1.807) is 6.20 Å². The van der Waals surface area contributed by atoms with E-state index in [9.17, 15) is 4.79 Å². The Morgan fingerprint density at radius 3 is 2.54 bits per heavy atom. The second kappa shape index (κ2) is 7.39. The van der Waals surface area contributed by atoms with E-state index in [0.29, 0.717) is 5.92 Å². The third-order valence-electron chi connectivity index (χ3n) is 4.76. The molecule has 1 aliphatic heterocycles. The topological polar surface area (TPSA) is 73.9 Å². The Kier molecular flexibility index (Phi) is 4.64. The lowest BCUT2D eigenvalue weighted by atomic mass is 9.93. The number of carbonyl (C=O) groups is 1. The van der Waals surface area contributed by atoms with Gasteiger partial charge >= 0.3 is 0 Å². The van der Waals surface area contributed by atoms with E-state index in [0.717, 1.165) is 48.8 Å². The molecule has 0 spiro atoms. The van der Waals surface area contributed by atoms with E-state index in [1.165, 1.54) is 0 Å². The molecule has 2 aromatic heterocycles. The van der Waals surface area contributed by atoms with Crippen molar-refractivity contribution in [1.29, 1.82) is 0 Å². The molecule has 1 saturated heterocycles. The number of anilines is 2. The van der Waals surface area contributed by atoms with E-state index >= 15 is 0 Å². The van der Waals surface area contributed by atoms with Crippen LogP contribution in [0.15, 0.2) is 60.8 Å². The maximum absolute atomic E-state index is 12.5. The number of likely N-dealkylation sites (tertiary alicyclic amines) is 1. The number of piperidine rings is 1. The van der Waals surface area contributed by atoms with Gasteiger partial charge < -0.3 is 10.2 Å². The van der Waals surface area contributed by atoms with Crippen molar-refractivity contribution < 1.29 is 4.79 Å². The summed E-state index contributed by atoms with van der Waals surface area (Å²) in [5.41, 5.74) is 1.87. The van der Waals surface area contributed by atoms with Gasteiger partial charge in [0.15, 0.2) is 5.82 Å². The van der Waals surface area contributed by atoms with Crippen LogP contribution in [0.5, 0.6) is 0 Å². The predicted molar refractivity (Wildman–Crippen MR) is 100 cm³/mol. The van der Waals surface area contributed by atoms with Crippen LogP contribution in [0.3, 0.4) is 0 Å². The lowest BCUT2D eigenvalue weighted by Gasteiger charge is -2.31. The molecule has 0 aliphatic carbocycles. The molecule has 4 rings (SSSR count). The zero-order valence-electron chi connectivity index (χ0n) is 14.4. The molecular weight excluding hydrogens is 326 g/mol. The van der Waals surface area contributed by atoms with E-state index in [2.05, 4.69) is 20.5 Å². The molecule has 0 saturated carbocycles. The standard InChI is InChI=1S/C20H21N5O/c26-20(16-6-2-1-3-7-16)25-12-9-15(10-13-25)17-14-19(24-23-17)22-18-8-4-5-11-21-18/h1-8,11,14-15H,9-10,12-13H2,(H2,21,22,23,24). The quantitative estimate of drug-likeness (QED) is 0.757. The molecule has 132 valence electrons. The maximum atomic E-state index is 12.5. The Labute approximate surface area is 152 Å². The number of carbonyl (C=O) groups excluding carboxylic acids is 1. The Hall–Kier alpha value is -3.15. The summed E-state index contributed by atoms with van der Waals surface area (Å²) in [5.74, 6) is 2.04. The van der Waals surface area contributed by atoms with Crippen LogP contribution >= 0.6 is 0 Å². The van der Waals surface area contributed by atoms with Gasteiger partial charge in [0.05, 0.1) is 0 Å². The molecule has 0 atom stereocenters. The van der Waals surface area contributed by atoms with Crippen molar-refractivity contribution in [2.24, 2.45) is 0 Å². The van der Waals surface area contributed by atoms with Gasteiger partial charge in [0.1, 0.15) is 5.82 Å². The van der Waals surface area contributed by atoms with Gasteiger partial charge in [-0.2, -0.15) is 5.10 Å². The summed E-state index contributed by atoms with van der Waals surface area (Å²) in [6, 6.07) is 17.2. The van der Waals surface area contributed by atoms with Gasteiger partial charge in [-0.1, -0.05) is 24.3 Å². The minimum Gasteiger partial charge on any atom is -0.339 e. The molecule has 2 N–H and O–H groups in total. The number of hydrogen-bond donors (Lipinski definition) is 2. The molecule has 0 unspecified atom stereocenters. The molecule has 3 heterocycles. The van der Waals surface area contributed by atoms with Crippen LogP contribution in [0.4, 0.5) is 11.6 Å². The number of hydrogen-bond acceptors (Lipinski definition) is 4. The second-order valence-electron chi connectivity index (χ2n) is 6.48. The van der Waals surface area contributed by atoms with Crippen LogP contribution in [-0.2, 0) is 0 Å². The highest BCUT2D eigenvalue weighted by Crippen LogP contribution is 2.29. The van der Waals surface area contributed by atoms with Crippen molar-refractivity contribution in [3.8, 4) is 0 Å². The van der Waals surface area contributed by atoms with E-state index in [1.807, 2.05) is 59.5 Å². The van der Waals surface area contributed by atoms with E-state index < -0.39 is 0 Å². The van der Waals surface area contributed by atoms with Gasteiger partial charge in [0.2, 0.25) is 0 Å². The smallest absolute Gasteiger partial charge is 0.253 e. The Morgan fingerprint density at radius 2 is 1.81 bits per heavy atom. The lowest BCUT2D eigenvalue weighted by Crippen LogP contribution is -2.37. The first-order valence-corrected chi connectivity index (χ1v) is 8.87. The number of aromatic amines is 1. The second-order valence-corrected chi connectivity index (χ2v) is 6.48. The van der Waals surface area contributed by atoms with Gasteiger partial charge in [-0.05, 0) is 37.1 Å². The molecule has 6 nitrogen and oxygen atoms in total. The van der Waals surface area contributed by atoms with Crippen LogP contribution in [0.2, 0.25) is 0 Å². The molecule has 0 radical (unpaired) electrons. The van der Waals surface area contributed by atoms with Gasteiger partial charge in [0.25, 0.3) is 5.91 Å². The molecule has 1 aliphatic rings. The van der Waals surface area contributed by atoms with Gasteiger partial charge in [-0.25, -0.2) is 4.98 Å². The third-order valence-corrected chi connectivity index (χ3v) is 4.76. The summed E-state index contributed by atoms with van der Waals surface area (Å²) >= 11 is 0. The highest BCUT2D eigenvalue weighted by Gasteiger charge is 2.25. The third kappa shape index (κ3) is 3.59. The van der Waals surface area contributed by atoms with Crippen molar-refractivity contribution in [2.45, 2.75) is 18.8 Å². The molecule has 1 amide bonds. The first kappa shape index (κ1) is 16.3. The van der Waals surface area contributed by atoms with Crippen LogP contribution in [0.25, 0.3) is 0 Å². The van der Waals surface area contributed by atoms with E-state index in [-0.39, 0.29) is 5.91 Å². The summed E-state index contributed by atoms with van der Waals surface area (Å²) < 4.78 is 0. The number of benzene rings is 1. The van der Waals surface area contributed by atoms with Crippen molar-refractivity contribution in [3.05, 3.63) is 72.1 Å². The van der Waals surface area contributed by atoms with Crippen molar-refractivity contribution in [1.82, 2.24) is 20.1 Å². The maximum Gasteiger partial charge on any atom is 0.253 e. The molecule has 3 aromatic rings. The van der Waals surface area contributed by atoms with Gasteiger partial charge in [-0.3, -0.25) is 9.89 Å². The molecule has 1 aromatic carbocycles. The fourth-order valence-corrected chi connectivity index (χ4v) is 3.33. The number of aromatic nitrogens is 3. The largest absolute Gasteiger partial charge is 0.339 e. The molecule has 0 bridgehead atoms. The molecule has 26 heavy (non-hydrogen) atoms. The summed E-state index contributed by atoms with van der Waals surface area (Å²) in [6.45, 7) is 1.53. The number of pyridine rings is 1. The number of rotatable bonds is 4. The minimum atomic E-state index is 0.117. The highest BCUT2D eigenvalue weighted by atomic mass is 16.2. The fourth-order valence-electron chi connectivity index (χ4n) is 3.33. The fraction of sp³-hybridized carbons (Fsp3) is 0.250. The summed E-state index contributed by atoms with van der Waals surface area (Å²) in [7, 11) is 0. The van der Waals surface area contributed by atoms with E-state index in [4.69, 9.17) is 0 Å². The first-order valence-electron chi connectivity index (χ1n) is 8.87. The average Bonchev–Trinajstić information content (AvgIpc) is 3.17. The molecule has 1 fully saturated rings. The molecular formula is C20H21N5O. The average molecular weight is 347 g/mol. The van der Waals surface area contributed by atoms with Gasteiger partial charge in [0, 0.05) is 42.5 Å². The first-order chi connectivity index (χ1) is 12.8. The summed E-state index contributed by atoms with van der Waals surface area (Å²) in [4.78, 5) is 18.7. The number of amides is 1.